The molecule has 4 heteroatoms. The molecule has 0 heterocycles. The van der Waals surface area contributed by atoms with E-state index in [-0.39, 0.29) is 17.7 Å². The van der Waals surface area contributed by atoms with E-state index in [1.165, 1.54) is 7.11 Å². The quantitative estimate of drug-likeness (QED) is 0.471. The molecule has 1 aliphatic carbocycles. The lowest BCUT2D eigenvalue weighted by Crippen LogP contribution is -2.39. The summed E-state index contributed by atoms with van der Waals surface area (Å²) < 4.78 is 15.9. The van der Waals surface area contributed by atoms with Crippen LogP contribution in [-0.4, -0.2) is 32.6 Å². The van der Waals surface area contributed by atoms with E-state index in [0.717, 1.165) is 38.5 Å². The van der Waals surface area contributed by atoms with E-state index in [4.69, 9.17) is 14.2 Å². The second-order valence-electron chi connectivity index (χ2n) is 4.86. The highest BCUT2D eigenvalue weighted by atomic mass is 16.7. The van der Waals surface area contributed by atoms with Crippen LogP contribution in [0.2, 0.25) is 0 Å². The molecule has 0 amide bonds. The predicted molar refractivity (Wildman–Crippen MR) is 69.2 cm³/mol. The van der Waals surface area contributed by atoms with Gasteiger partial charge in [-0.05, 0) is 46.0 Å². The number of rotatable bonds is 9. The monoisotopic (exact) mass is 258 g/mol. The van der Waals surface area contributed by atoms with E-state index < -0.39 is 0 Å². The topological polar surface area (TPSA) is 44.8 Å². The van der Waals surface area contributed by atoms with E-state index in [0.29, 0.717) is 13.2 Å². The Kier molecular flexibility index (Phi) is 6.65. The Bertz CT molecular complexity index is 242. The van der Waals surface area contributed by atoms with Crippen molar-refractivity contribution in [3.63, 3.8) is 0 Å². The standard InChI is InChI=1S/C14H26O4/c1-4-17-12(18-5-2)8-6-9-14(10-7-11-14)13(15)16-3/h12H,4-11H2,1-3H3. The molecule has 4 nitrogen and oxygen atoms in total. The minimum absolute atomic E-state index is 0.0434. The third-order valence-corrected chi connectivity index (χ3v) is 3.73. The highest BCUT2D eigenvalue weighted by Crippen LogP contribution is 2.46. The van der Waals surface area contributed by atoms with E-state index in [1.54, 1.807) is 0 Å². The van der Waals surface area contributed by atoms with Crippen LogP contribution in [0.15, 0.2) is 0 Å². The molecule has 18 heavy (non-hydrogen) atoms. The van der Waals surface area contributed by atoms with Crippen molar-refractivity contribution >= 4 is 5.97 Å². The fraction of sp³-hybridized carbons (Fsp3) is 0.929. The highest BCUT2D eigenvalue weighted by Gasteiger charge is 2.44. The van der Waals surface area contributed by atoms with Crippen molar-refractivity contribution in [2.45, 2.75) is 58.7 Å². The molecule has 0 aliphatic heterocycles. The number of methoxy groups -OCH3 is 1. The molecule has 0 radical (unpaired) electrons. The molecule has 0 aromatic carbocycles. The van der Waals surface area contributed by atoms with Gasteiger partial charge in [-0.2, -0.15) is 0 Å². The second-order valence-corrected chi connectivity index (χ2v) is 4.86. The number of esters is 1. The van der Waals surface area contributed by atoms with Crippen molar-refractivity contribution in [1.82, 2.24) is 0 Å². The minimum Gasteiger partial charge on any atom is -0.469 e. The van der Waals surface area contributed by atoms with Crippen LogP contribution in [0.25, 0.3) is 0 Å². The lowest BCUT2D eigenvalue weighted by atomic mass is 9.66. The fourth-order valence-electron chi connectivity index (χ4n) is 2.57. The molecule has 1 saturated carbocycles. The SMILES string of the molecule is CCOC(CCCC1(C(=O)OC)CCC1)OCC. The van der Waals surface area contributed by atoms with Crippen LogP contribution in [0.5, 0.6) is 0 Å². The fourth-order valence-corrected chi connectivity index (χ4v) is 2.57. The first-order valence-corrected chi connectivity index (χ1v) is 7.00. The lowest BCUT2D eigenvalue weighted by molar-refractivity contribution is -0.161. The van der Waals surface area contributed by atoms with Crippen LogP contribution in [-0.2, 0) is 19.0 Å². The first-order chi connectivity index (χ1) is 8.68. The van der Waals surface area contributed by atoms with Crippen LogP contribution in [0.1, 0.15) is 52.4 Å². The molecule has 1 rings (SSSR count). The Labute approximate surface area is 110 Å². The van der Waals surface area contributed by atoms with Gasteiger partial charge in [-0.1, -0.05) is 6.42 Å². The molecule has 0 unspecified atom stereocenters. The third-order valence-electron chi connectivity index (χ3n) is 3.73. The van der Waals surface area contributed by atoms with Gasteiger partial charge in [-0.25, -0.2) is 0 Å². The first-order valence-electron chi connectivity index (χ1n) is 7.00. The zero-order chi connectivity index (χ0) is 13.4. The number of hydrogen-bond donors (Lipinski definition) is 0. The average molecular weight is 258 g/mol. The normalized spacial score (nSPS) is 17.6. The summed E-state index contributed by atoms with van der Waals surface area (Å²) in [5.74, 6) is -0.0434. The van der Waals surface area contributed by atoms with Gasteiger partial charge in [0.15, 0.2) is 6.29 Å². The second kappa shape index (κ2) is 7.74. The Balaban J connectivity index is 2.32. The van der Waals surface area contributed by atoms with E-state index >= 15 is 0 Å². The van der Waals surface area contributed by atoms with Crippen LogP contribution in [0.3, 0.4) is 0 Å². The van der Waals surface area contributed by atoms with Crippen molar-refractivity contribution in [3.8, 4) is 0 Å². The summed E-state index contributed by atoms with van der Waals surface area (Å²) in [5.41, 5.74) is -0.211. The first kappa shape index (κ1) is 15.4. The van der Waals surface area contributed by atoms with Gasteiger partial charge in [-0.3, -0.25) is 4.79 Å². The molecule has 0 atom stereocenters. The van der Waals surface area contributed by atoms with E-state index in [9.17, 15) is 4.79 Å². The number of carbonyl (C=O) groups excluding carboxylic acids is 1. The van der Waals surface area contributed by atoms with Gasteiger partial charge in [-0.15, -0.1) is 0 Å². The average Bonchev–Trinajstić information content (AvgIpc) is 2.32. The van der Waals surface area contributed by atoms with Gasteiger partial charge >= 0.3 is 5.97 Å². The van der Waals surface area contributed by atoms with Crippen molar-refractivity contribution in [3.05, 3.63) is 0 Å². The van der Waals surface area contributed by atoms with Crippen LogP contribution >= 0.6 is 0 Å². The summed E-state index contributed by atoms with van der Waals surface area (Å²) in [6, 6.07) is 0. The van der Waals surface area contributed by atoms with Gasteiger partial charge in [0, 0.05) is 13.2 Å². The molecule has 106 valence electrons. The maximum Gasteiger partial charge on any atom is 0.311 e. The van der Waals surface area contributed by atoms with Crippen LogP contribution in [0.4, 0.5) is 0 Å². The van der Waals surface area contributed by atoms with E-state index in [1.807, 2.05) is 13.8 Å². The third kappa shape index (κ3) is 3.95. The largest absolute Gasteiger partial charge is 0.469 e. The van der Waals surface area contributed by atoms with Gasteiger partial charge in [0.05, 0.1) is 12.5 Å². The van der Waals surface area contributed by atoms with Gasteiger partial charge in [0.25, 0.3) is 0 Å². The molecule has 1 fully saturated rings. The lowest BCUT2D eigenvalue weighted by Gasteiger charge is -2.39. The van der Waals surface area contributed by atoms with Crippen molar-refractivity contribution in [2.75, 3.05) is 20.3 Å². The van der Waals surface area contributed by atoms with Gasteiger partial charge in [0.1, 0.15) is 0 Å². The molecule has 0 N–H and O–H groups in total. The summed E-state index contributed by atoms with van der Waals surface area (Å²) in [4.78, 5) is 11.8. The van der Waals surface area contributed by atoms with E-state index in [2.05, 4.69) is 0 Å². The van der Waals surface area contributed by atoms with Crippen molar-refractivity contribution < 1.29 is 19.0 Å². The Morgan fingerprint density at radius 1 is 1.22 bits per heavy atom. The Hall–Kier alpha value is -0.610. The number of carbonyl (C=O) groups is 1. The Morgan fingerprint density at radius 3 is 2.22 bits per heavy atom. The zero-order valence-corrected chi connectivity index (χ0v) is 11.9. The Morgan fingerprint density at radius 2 is 1.83 bits per heavy atom. The van der Waals surface area contributed by atoms with Gasteiger partial charge < -0.3 is 14.2 Å². The summed E-state index contributed by atoms with van der Waals surface area (Å²) >= 11 is 0. The summed E-state index contributed by atoms with van der Waals surface area (Å²) in [6.45, 7) is 5.25. The van der Waals surface area contributed by atoms with Crippen molar-refractivity contribution in [2.24, 2.45) is 5.41 Å². The highest BCUT2D eigenvalue weighted by molar-refractivity contribution is 5.77. The molecule has 0 aromatic heterocycles. The predicted octanol–water partition coefficient (Wildman–Crippen LogP) is 2.90. The molecule has 1 aliphatic rings. The molecule has 0 spiro atoms. The van der Waals surface area contributed by atoms with Crippen LogP contribution < -0.4 is 0 Å². The molecule has 0 aromatic rings. The molecule has 0 bridgehead atoms. The van der Waals surface area contributed by atoms with Crippen molar-refractivity contribution in [1.29, 1.82) is 0 Å². The summed E-state index contributed by atoms with van der Waals surface area (Å²) in [5, 5.41) is 0. The zero-order valence-electron chi connectivity index (χ0n) is 11.9. The summed E-state index contributed by atoms with van der Waals surface area (Å²) in [6.07, 6.45) is 5.61. The molecular formula is C14H26O4. The molecular weight excluding hydrogens is 232 g/mol. The van der Waals surface area contributed by atoms with Crippen LogP contribution in [0, 0.1) is 5.41 Å². The molecule has 0 saturated heterocycles. The smallest absolute Gasteiger partial charge is 0.311 e. The maximum atomic E-state index is 11.8. The maximum absolute atomic E-state index is 11.8. The minimum atomic E-state index is -0.211. The van der Waals surface area contributed by atoms with Gasteiger partial charge in [0.2, 0.25) is 0 Å². The number of ether oxygens (including phenoxy) is 3. The number of hydrogen-bond acceptors (Lipinski definition) is 4. The summed E-state index contributed by atoms with van der Waals surface area (Å²) in [7, 11) is 1.48.